The first kappa shape index (κ1) is 22.1. The van der Waals surface area contributed by atoms with E-state index in [-0.39, 0.29) is 27.8 Å². The van der Waals surface area contributed by atoms with Crippen LogP contribution in [0.2, 0.25) is 0 Å². The fraction of sp³-hybridized carbons (Fsp3) is 0.125. The van der Waals surface area contributed by atoms with Gasteiger partial charge in [0.05, 0.1) is 40.2 Å². The number of hydrogen-bond acceptors (Lipinski definition) is 9. The summed E-state index contributed by atoms with van der Waals surface area (Å²) in [6.45, 7) is 0. The molecule has 2 rings (SSSR count). The monoisotopic (exact) mass is 446 g/mol. The lowest BCUT2D eigenvalue weighted by atomic mass is 10.2. The number of hydrogen-bond donors (Lipinski definition) is 3. The van der Waals surface area contributed by atoms with E-state index >= 15 is 0 Å². The number of carboxylic acids is 1. The molecule has 3 N–H and O–H groups in total. The van der Waals surface area contributed by atoms with Gasteiger partial charge in [-0.25, -0.2) is 18.5 Å². The van der Waals surface area contributed by atoms with E-state index < -0.39 is 15.8 Å². The standard InChI is InChI=1S/C16H15ClN2O7S2/c17-7-8-28(23,24)13-4-1-11(2-5-13)10-18-19-15-9-12(27-26-25-22)3-6-14(15)16(20)21/h1-6,9-10,19,22H,7-8H2,(H,20,21)/b18-10+. The van der Waals surface area contributed by atoms with E-state index in [2.05, 4.69) is 19.9 Å². The first-order chi connectivity index (χ1) is 13.4. The van der Waals surface area contributed by atoms with Crippen molar-refractivity contribution in [2.24, 2.45) is 5.10 Å². The van der Waals surface area contributed by atoms with E-state index in [0.29, 0.717) is 22.5 Å². The van der Waals surface area contributed by atoms with Gasteiger partial charge in [-0.2, -0.15) is 5.10 Å². The van der Waals surface area contributed by atoms with Crippen LogP contribution in [0.5, 0.6) is 0 Å². The topological polar surface area (TPSA) is 135 Å². The predicted molar refractivity (Wildman–Crippen MR) is 104 cm³/mol. The Hall–Kier alpha value is -2.15. The van der Waals surface area contributed by atoms with Gasteiger partial charge >= 0.3 is 5.97 Å². The molecular formula is C16H15ClN2O7S2. The van der Waals surface area contributed by atoms with E-state index in [0.717, 1.165) is 0 Å². The van der Waals surface area contributed by atoms with Crippen LogP contribution in [-0.2, 0) is 19.2 Å². The number of anilines is 1. The molecule has 0 aromatic heterocycles. The maximum Gasteiger partial charge on any atom is 0.337 e. The van der Waals surface area contributed by atoms with Gasteiger partial charge in [0.2, 0.25) is 0 Å². The lowest BCUT2D eigenvalue weighted by Gasteiger charge is -2.07. The van der Waals surface area contributed by atoms with Crippen molar-refractivity contribution in [3.63, 3.8) is 0 Å². The van der Waals surface area contributed by atoms with Crippen LogP contribution in [0.4, 0.5) is 5.69 Å². The second-order valence-electron chi connectivity index (χ2n) is 5.19. The summed E-state index contributed by atoms with van der Waals surface area (Å²) in [5.41, 5.74) is 3.34. The molecule has 0 saturated heterocycles. The minimum Gasteiger partial charge on any atom is -0.478 e. The average Bonchev–Trinajstić information content (AvgIpc) is 2.66. The fourth-order valence-electron chi connectivity index (χ4n) is 2.07. The molecule has 0 spiro atoms. The molecule has 0 aliphatic rings. The molecule has 0 amide bonds. The molecule has 12 heteroatoms. The second-order valence-corrected chi connectivity index (χ2v) is 8.45. The number of nitrogens with zero attached hydrogens (tertiary/aromatic N) is 1. The number of carboxylic acid groups (broad SMARTS) is 1. The highest BCUT2D eigenvalue weighted by molar-refractivity contribution is 7.94. The SMILES string of the molecule is O=C(O)c1ccc(SOOO)cc1N/N=C/c1ccc(S(=O)(=O)CCCl)cc1. The lowest BCUT2D eigenvalue weighted by molar-refractivity contribution is -0.432. The van der Waals surface area contributed by atoms with Gasteiger partial charge in [0.25, 0.3) is 0 Å². The van der Waals surface area contributed by atoms with Crippen LogP contribution in [0, 0.1) is 0 Å². The number of rotatable bonds is 10. The van der Waals surface area contributed by atoms with Crippen LogP contribution in [0.3, 0.4) is 0 Å². The lowest BCUT2D eigenvalue weighted by Crippen LogP contribution is -2.07. The third-order valence-electron chi connectivity index (χ3n) is 3.37. The van der Waals surface area contributed by atoms with E-state index in [1.165, 1.54) is 36.5 Å². The van der Waals surface area contributed by atoms with Gasteiger partial charge in [0, 0.05) is 10.8 Å². The summed E-state index contributed by atoms with van der Waals surface area (Å²) in [5.74, 6) is -1.31. The average molecular weight is 447 g/mol. The number of hydrazone groups is 1. The third-order valence-corrected chi connectivity index (χ3v) is 6.09. The highest BCUT2D eigenvalue weighted by Gasteiger charge is 2.13. The Bertz CT molecular complexity index is 950. The van der Waals surface area contributed by atoms with Gasteiger partial charge in [-0.15, -0.1) is 15.9 Å². The maximum absolute atomic E-state index is 11.9. The quantitative estimate of drug-likeness (QED) is 0.165. The summed E-state index contributed by atoms with van der Waals surface area (Å²) in [6, 6.07) is 10.2. The van der Waals surface area contributed by atoms with Crippen LogP contribution in [0.25, 0.3) is 0 Å². The first-order valence-electron chi connectivity index (χ1n) is 7.57. The van der Waals surface area contributed by atoms with Crippen molar-refractivity contribution in [2.75, 3.05) is 17.1 Å². The van der Waals surface area contributed by atoms with E-state index in [1.807, 2.05) is 0 Å². The summed E-state index contributed by atoms with van der Waals surface area (Å²) in [4.78, 5) is 11.9. The summed E-state index contributed by atoms with van der Waals surface area (Å²) in [6.07, 6.45) is 1.40. The Morgan fingerprint density at radius 1 is 1.25 bits per heavy atom. The molecule has 0 radical (unpaired) electrons. The molecule has 150 valence electrons. The summed E-state index contributed by atoms with van der Waals surface area (Å²) in [7, 11) is -3.42. The Kier molecular flexibility index (Phi) is 8.23. The van der Waals surface area contributed by atoms with E-state index in [1.54, 1.807) is 12.1 Å². The molecule has 9 nitrogen and oxygen atoms in total. The smallest absolute Gasteiger partial charge is 0.337 e. The number of aromatic carboxylic acids is 1. The Morgan fingerprint density at radius 2 is 1.96 bits per heavy atom. The van der Waals surface area contributed by atoms with Crippen LogP contribution in [-0.4, -0.2) is 42.6 Å². The van der Waals surface area contributed by atoms with Gasteiger partial charge < -0.3 is 5.11 Å². The normalized spacial score (nSPS) is 11.6. The zero-order chi connectivity index (χ0) is 20.6. The number of sulfone groups is 1. The zero-order valence-electron chi connectivity index (χ0n) is 14.1. The molecular weight excluding hydrogens is 432 g/mol. The van der Waals surface area contributed by atoms with Gasteiger partial charge in [-0.1, -0.05) is 17.2 Å². The van der Waals surface area contributed by atoms with Gasteiger partial charge in [-0.3, -0.25) is 5.43 Å². The minimum atomic E-state index is -3.42. The van der Waals surface area contributed by atoms with Crippen LogP contribution < -0.4 is 5.43 Å². The van der Waals surface area contributed by atoms with Crippen molar-refractivity contribution in [1.29, 1.82) is 0 Å². The summed E-state index contributed by atoms with van der Waals surface area (Å²) >= 11 is 6.16. The van der Waals surface area contributed by atoms with Gasteiger partial charge in [0.15, 0.2) is 9.84 Å². The largest absolute Gasteiger partial charge is 0.478 e. The molecule has 0 unspecified atom stereocenters. The second kappa shape index (κ2) is 10.4. The molecule has 2 aromatic rings. The fourth-order valence-corrected chi connectivity index (χ4v) is 4.06. The Balaban J connectivity index is 2.14. The van der Waals surface area contributed by atoms with Crippen molar-refractivity contribution in [3.8, 4) is 0 Å². The van der Waals surface area contributed by atoms with Crippen LogP contribution in [0.15, 0.2) is 57.4 Å². The number of carbonyl (C=O) groups is 1. The highest BCUT2D eigenvalue weighted by atomic mass is 35.5. The molecule has 0 saturated carbocycles. The third kappa shape index (κ3) is 6.19. The van der Waals surface area contributed by atoms with Crippen molar-refractivity contribution < 1.29 is 32.9 Å². The molecule has 28 heavy (non-hydrogen) atoms. The minimum absolute atomic E-state index is 0.00813. The molecule has 0 fully saturated rings. The number of nitrogens with one attached hydrogen (secondary N) is 1. The molecule has 0 atom stereocenters. The van der Waals surface area contributed by atoms with Gasteiger partial charge in [0.1, 0.15) is 0 Å². The van der Waals surface area contributed by atoms with Crippen molar-refractivity contribution in [2.45, 2.75) is 9.79 Å². The van der Waals surface area contributed by atoms with E-state index in [9.17, 15) is 18.3 Å². The highest BCUT2D eigenvalue weighted by Crippen LogP contribution is 2.26. The van der Waals surface area contributed by atoms with Crippen LogP contribution >= 0.6 is 23.6 Å². The summed E-state index contributed by atoms with van der Waals surface area (Å²) in [5, 5.41) is 24.9. The van der Waals surface area contributed by atoms with Crippen molar-refractivity contribution in [1.82, 2.24) is 0 Å². The van der Waals surface area contributed by atoms with Crippen molar-refractivity contribution >= 4 is 51.4 Å². The summed E-state index contributed by atoms with van der Waals surface area (Å²) < 4.78 is 28.2. The number of benzene rings is 2. The molecule has 0 aliphatic carbocycles. The predicted octanol–water partition coefficient (Wildman–Crippen LogP) is 3.27. The van der Waals surface area contributed by atoms with Crippen LogP contribution in [0.1, 0.15) is 15.9 Å². The Labute approximate surface area is 169 Å². The molecule has 0 bridgehead atoms. The Morgan fingerprint density at radius 3 is 2.57 bits per heavy atom. The van der Waals surface area contributed by atoms with E-state index in [4.69, 9.17) is 16.9 Å². The molecule has 0 heterocycles. The molecule has 0 aliphatic heterocycles. The maximum atomic E-state index is 11.9. The number of alkyl halides is 1. The molecule has 2 aromatic carbocycles. The first-order valence-corrected chi connectivity index (χ1v) is 10.5. The van der Waals surface area contributed by atoms with Gasteiger partial charge in [-0.05, 0) is 35.9 Å². The van der Waals surface area contributed by atoms with Crippen molar-refractivity contribution in [3.05, 3.63) is 53.6 Å². The number of halogens is 1. The zero-order valence-corrected chi connectivity index (χ0v) is 16.5.